The smallest absolute Gasteiger partial charge is 0.331 e. The van der Waals surface area contributed by atoms with Gasteiger partial charge in [-0.3, -0.25) is 4.98 Å². The summed E-state index contributed by atoms with van der Waals surface area (Å²) in [7, 11) is 0. The normalized spacial score (nSPS) is 11.4. The van der Waals surface area contributed by atoms with Crippen molar-refractivity contribution in [3.8, 4) is 0 Å². The van der Waals surface area contributed by atoms with Gasteiger partial charge in [-0.2, -0.15) is 0 Å². The van der Waals surface area contributed by atoms with E-state index in [0.717, 1.165) is 12.1 Å². The first kappa shape index (κ1) is 12.4. The highest BCUT2D eigenvalue weighted by atomic mass is 16.4. The van der Waals surface area contributed by atoms with Crippen molar-refractivity contribution in [2.75, 3.05) is 6.54 Å². The Morgan fingerprint density at radius 2 is 2.19 bits per heavy atom. The summed E-state index contributed by atoms with van der Waals surface area (Å²) in [6.45, 7) is 3.12. The molecule has 1 aromatic rings. The number of carbonyl (C=O) groups is 1. The number of carboxylic acid groups (broad SMARTS) is 1. The van der Waals surface area contributed by atoms with Crippen molar-refractivity contribution >= 4 is 5.97 Å². The quantitative estimate of drug-likeness (QED) is 0.564. The van der Waals surface area contributed by atoms with Gasteiger partial charge < -0.3 is 10.4 Å². The molecule has 0 bridgehead atoms. The van der Waals surface area contributed by atoms with Gasteiger partial charge in [0.25, 0.3) is 0 Å². The molecule has 0 unspecified atom stereocenters. The molecule has 0 saturated carbocycles. The van der Waals surface area contributed by atoms with E-state index < -0.39 is 5.97 Å². The molecule has 0 saturated heterocycles. The molecule has 16 heavy (non-hydrogen) atoms. The van der Waals surface area contributed by atoms with Gasteiger partial charge in [-0.05, 0) is 24.1 Å². The number of aromatic nitrogens is 1. The van der Waals surface area contributed by atoms with Gasteiger partial charge in [-0.1, -0.05) is 13.0 Å². The zero-order chi connectivity index (χ0) is 11.8. The van der Waals surface area contributed by atoms with Crippen molar-refractivity contribution in [2.24, 2.45) is 0 Å². The van der Waals surface area contributed by atoms with Crippen LogP contribution in [0, 0.1) is 0 Å². The third-order valence-corrected chi connectivity index (χ3v) is 2.23. The van der Waals surface area contributed by atoms with E-state index in [0.29, 0.717) is 18.5 Å². The minimum Gasteiger partial charge on any atom is -0.478 e. The number of nitrogens with one attached hydrogen (secondary N) is 1. The molecule has 0 aliphatic rings. The summed E-state index contributed by atoms with van der Waals surface area (Å²) < 4.78 is 0. The first-order valence-corrected chi connectivity index (χ1v) is 5.26. The van der Waals surface area contributed by atoms with Crippen LogP contribution in [0.2, 0.25) is 0 Å². The largest absolute Gasteiger partial charge is 0.478 e. The third-order valence-electron chi connectivity index (χ3n) is 2.23. The third kappa shape index (κ3) is 4.23. The van der Waals surface area contributed by atoms with Crippen LogP contribution in [0.3, 0.4) is 0 Å². The zero-order valence-electron chi connectivity index (χ0n) is 9.31. The number of aliphatic carboxylic acids is 1. The number of hydrogen-bond acceptors (Lipinski definition) is 3. The Balaban J connectivity index is 2.34. The van der Waals surface area contributed by atoms with E-state index in [-0.39, 0.29) is 0 Å². The van der Waals surface area contributed by atoms with Crippen molar-refractivity contribution in [3.05, 3.63) is 41.7 Å². The minimum absolute atomic E-state index is 0.447. The van der Waals surface area contributed by atoms with Crippen molar-refractivity contribution in [2.45, 2.75) is 19.9 Å². The van der Waals surface area contributed by atoms with E-state index in [1.165, 1.54) is 0 Å². The molecule has 0 atom stereocenters. The second-order valence-electron chi connectivity index (χ2n) is 3.37. The lowest BCUT2D eigenvalue weighted by Crippen LogP contribution is -2.14. The maximum absolute atomic E-state index is 10.7. The number of carboxylic acids is 1. The molecule has 4 heteroatoms. The van der Waals surface area contributed by atoms with E-state index in [2.05, 4.69) is 10.3 Å². The van der Waals surface area contributed by atoms with Crippen molar-refractivity contribution < 1.29 is 9.90 Å². The maximum Gasteiger partial charge on any atom is 0.331 e. The van der Waals surface area contributed by atoms with Crippen LogP contribution >= 0.6 is 0 Å². The molecule has 4 nitrogen and oxygen atoms in total. The molecule has 0 spiro atoms. The highest BCUT2D eigenvalue weighted by Crippen LogP contribution is 1.99. The zero-order valence-corrected chi connectivity index (χ0v) is 9.31. The van der Waals surface area contributed by atoms with E-state index in [1.807, 2.05) is 19.1 Å². The monoisotopic (exact) mass is 220 g/mol. The van der Waals surface area contributed by atoms with Crippen LogP contribution in [0.15, 0.2) is 36.2 Å². The summed E-state index contributed by atoms with van der Waals surface area (Å²) in [5, 5.41) is 11.9. The fraction of sp³-hybridized carbons (Fsp3) is 0.333. The topological polar surface area (TPSA) is 62.2 Å². The van der Waals surface area contributed by atoms with Crippen molar-refractivity contribution in [3.63, 3.8) is 0 Å². The summed E-state index contributed by atoms with van der Waals surface area (Å²) in [5.74, 6) is -0.840. The Morgan fingerprint density at radius 1 is 1.50 bits per heavy atom. The summed E-state index contributed by atoms with van der Waals surface area (Å²) in [6.07, 6.45) is 5.74. The van der Waals surface area contributed by atoms with Crippen LogP contribution < -0.4 is 5.32 Å². The summed E-state index contributed by atoms with van der Waals surface area (Å²) in [6, 6.07) is 3.85. The SMILES string of the molecule is CC/C(=C/CNCc1ccncc1)C(=O)O. The van der Waals surface area contributed by atoms with E-state index in [1.54, 1.807) is 18.5 Å². The van der Waals surface area contributed by atoms with Gasteiger partial charge in [0.05, 0.1) is 0 Å². The lowest BCUT2D eigenvalue weighted by molar-refractivity contribution is -0.132. The van der Waals surface area contributed by atoms with Gasteiger partial charge in [-0.15, -0.1) is 0 Å². The minimum atomic E-state index is -0.840. The Labute approximate surface area is 95.0 Å². The first-order chi connectivity index (χ1) is 7.74. The van der Waals surface area contributed by atoms with Gasteiger partial charge in [0, 0.05) is 31.1 Å². The number of nitrogens with zero attached hydrogens (tertiary/aromatic N) is 1. The van der Waals surface area contributed by atoms with Crippen LogP contribution in [0.4, 0.5) is 0 Å². The number of pyridine rings is 1. The number of hydrogen-bond donors (Lipinski definition) is 2. The predicted molar refractivity (Wildman–Crippen MR) is 62.0 cm³/mol. The van der Waals surface area contributed by atoms with Crippen molar-refractivity contribution in [1.29, 1.82) is 0 Å². The molecule has 1 heterocycles. The van der Waals surface area contributed by atoms with Crippen LogP contribution in [-0.4, -0.2) is 22.6 Å². The van der Waals surface area contributed by atoms with Gasteiger partial charge in [0.2, 0.25) is 0 Å². The summed E-state index contributed by atoms with van der Waals surface area (Å²) in [4.78, 5) is 14.6. The molecule has 0 aliphatic carbocycles. The maximum atomic E-state index is 10.7. The second-order valence-corrected chi connectivity index (χ2v) is 3.37. The molecule has 0 aliphatic heterocycles. The van der Waals surface area contributed by atoms with Gasteiger partial charge in [0.15, 0.2) is 0 Å². The molecule has 0 aromatic carbocycles. The Bertz CT molecular complexity index is 361. The Kier molecular flexibility index (Phi) is 5.22. The van der Waals surface area contributed by atoms with Crippen LogP contribution in [0.1, 0.15) is 18.9 Å². The fourth-order valence-electron chi connectivity index (χ4n) is 1.30. The lowest BCUT2D eigenvalue weighted by Gasteiger charge is -2.02. The molecular weight excluding hydrogens is 204 g/mol. The standard InChI is InChI=1S/C12H16N2O2/c1-2-11(12(15)16)5-8-14-9-10-3-6-13-7-4-10/h3-7,14H,2,8-9H2,1H3,(H,15,16)/b11-5-. The average molecular weight is 220 g/mol. The van der Waals surface area contributed by atoms with Crippen molar-refractivity contribution in [1.82, 2.24) is 10.3 Å². The van der Waals surface area contributed by atoms with E-state index >= 15 is 0 Å². The Hall–Kier alpha value is -1.68. The predicted octanol–water partition coefficient (Wildman–Crippen LogP) is 1.59. The molecule has 0 radical (unpaired) electrons. The van der Waals surface area contributed by atoms with E-state index in [4.69, 9.17) is 5.11 Å². The molecule has 1 rings (SSSR count). The first-order valence-electron chi connectivity index (χ1n) is 5.26. The fourth-order valence-corrected chi connectivity index (χ4v) is 1.30. The molecule has 0 amide bonds. The number of rotatable bonds is 6. The Morgan fingerprint density at radius 3 is 2.75 bits per heavy atom. The molecule has 2 N–H and O–H groups in total. The highest BCUT2D eigenvalue weighted by molar-refractivity contribution is 5.86. The van der Waals surface area contributed by atoms with E-state index in [9.17, 15) is 4.79 Å². The van der Waals surface area contributed by atoms with Crippen LogP contribution in [0.25, 0.3) is 0 Å². The van der Waals surface area contributed by atoms with Crippen LogP contribution in [-0.2, 0) is 11.3 Å². The van der Waals surface area contributed by atoms with Gasteiger partial charge in [0.1, 0.15) is 0 Å². The summed E-state index contributed by atoms with van der Waals surface area (Å²) in [5.41, 5.74) is 1.58. The lowest BCUT2D eigenvalue weighted by atomic mass is 10.2. The van der Waals surface area contributed by atoms with Crippen LogP contribution in [0.5, 0.6) is 0 Å². The summed E-state index contributed by atoms with van der Waals surface area (Å²) >= 11 is 0. The molecule has 1 aromatic heterocycles. The highest BCUT2D eigenvalue weighted by Gasteiger charge is 2.02. The second kappa shape index (κ2) is 6.74. The van der Waals surface area contributed by atoms with Gasteiger partial charge in [-0.25, -0.2) is 4.79 Å². The van der Waals surface area contributed by atoms with Gasteiger partial charge >= 0.3 is 5.97 Å². The average Bonchev–Trinajstić information content (AvgIpc) is 2.30. The molecular formula is C12H16N2O2. The molecule has 0 fully saturated rings. The molecule has 86 valence electrons.